The van der Waals surface area contributed by atoms with Crippen LogP contribution in [0.3, 0.4) is 0 Å². The molecule has 1 saturated heterocycles. The van der Waals surface area contributed by atoms with Gasteiger partial charge in [0.15, 0.2) is 11.6 Å². The smallest absolute Gasteiger partial charge is 0.165 e. The molecule has 2 aromatic carbocycles. The molecule has 1 aromatic heterocycles. The topological polar surface area (TPSA) is 45.6 Å². The lowest BCUT2D eigenvalue weighted by Gasteiger charge is -2.17. The quantitative estimate of drug-likeness (QED) is 0.752. The van der Waals surface area contributed by atoms with Crippen molar-refractivity contribution in [2.45, 2.75) is 19.1 Å². The summed E-state index contributed by atoms with van der Waals surface area (Å²) in [4.78, 5) is 6.59. The van der Waals surface area contributed by atoms with Crippen LogP contribution in [0, 0.1) is 11.7 Å². The summed E-state index contributed by atoms with van der Waals surface area (Å²) in [6.07, 6.45) is 2.24. The van der Waals surface area contributed by atoms with Crippen LogP contribution in [-0.2, 0) is 13.0 Å². The predicted molar refractivity (Wildman–Crippen MR) is 103 cm³/mol. The first-order chi connectivity index (χ1) is 13.1. The van der Waals surface area contributed by atoms with Crippen LogP contribution in [0.4, 0.5) is 4.39 Å². The van der Waals surface area contributed by atoms with Crippen LogP contribution in [0.1, 0.15) is 11.1 Å². The Morgan fingerprint density at radius 1 is 1.19 bits per heavy atom. The molecule has 0 saturated carbocycles. The number of fused-ring (bicyclic) bond motifs is 1. The third-order valence-corrected chi connectivity index (χ3v) is 5.33. The van der Waals surface area contributed by atoms with E-state index < -0.39 is 0 Å². The standard InChI is InChI=1S/C22H23FN2O2/c1-27-22-7-6-15(10-19(22)23)12-25-13-17(21(26)14-25)11-16-8-9-24-20-5-3-2-4-18(16)20/h2-10,17,21,26H,11-14H2,1H3/t17-,21+/m1/s1. The SMILES string of the molecule is COc1ccc(CN2C[C@@H](Cc3ccnc4ccccc34)[C@@H](O)C2)cc1F. The van der Waals surface area contributed by atoms with Gasteiger partial charge < -0.3 is 9.84 Å². The van der Waals surface area contributed by atoms with E-state index in [1.54, 1.807) is 6.07 Å². The molecule has 1 aliphatic rings. The lowest BCUT2D eigenvalue weighted by molar-refractivity contribution is 0.141. The summed E-state index contributed by atoms with van der Waals surface area (Å²) in [5.41, 5.74) is 3.07. The van der Waals surface area contributed by atoms with Gasteiger partial charge in [0.05, 0.1) is 18.7 Å². The maximum atomic E-state index is 13.9. The number of aliphatic hydroxyl groups excluding tert-OH is 1. The van der Waals surface area contributed by atoms with Crippen molar-refractivity contribution in [3.8, 4) is 5.75 Å². The van der Waals surface area contributed by atoms with Gasteiger partial charge in [-0.2, -0.15) is 0 Å². The fourth-order valence-corrected chi connectivity index (χ4v) is 3.95. The molecule has 0 radical (unpaired) electrons. The van der Waals surface area contributed by atoms with Crippen molar-refractivity contribution >= 4 is 10.9 Å². The van der Waals surface area contributed by atoms with Crippen LogP contribution >= 0.6 is 0 Å². The van der Waals surface area contributed by atoms with E-state index in [9.17, 15) is 9.50 Å². The zero-order chi connectivity index (χ0) is 18.8. The summed E-state index contributed by atoms with van der Waals surface area (Å²) in [6, 6.07) is 15.2. The van der Waals surface area contributed by atoms with Crippen LogP contribution in [0.5, 0.6) is 5.75 Å². The van der Waals surface area contributed by atoms with Crippen LogP contribution in [0.15, 0.2) is 54.7 Å². The van der Waals surface area contributed by atoms with E-state index in [0.717, 1.165) is 29.4 Å². The minimum absolute atomic E-state index is 0.152. The highest BCUT2D eigenvalue weighted by molar-refractivity contribution is 5.81. The maximum absolute atomic E-state index is 13.9. The summed E-state index contributed by atoms with van der Waals surface area (Å²) in [7, 11) is 1.46. The van der Waals surface area contributed by atoms with Crippen molar-refractivity contribution in [3.63, 3.8) is 0 Å². The average Bonchev–Trinajstić information content (AvgIpc) is 3.01. The number of halogens is 1. The molecular formula is C22H23FN2O2. The van der Waals surface area contributed by atoms with Gasteiger partial charge in [-0.25, -0.2) is 4.39 Å². The van der Waals surface area contributed by atoms with Crippen molar-refractivity contribution in [2.24, 2.45) is 5.92 Å². The lowest BCUT2D eigenvalue weighted by Crippen LogP contribution is -2.21. The number of aliphatic hydroxyl groups is 1. The maximum Gasteiger partial charge on any atom is 0.165 e. The van der Waals surface area contributed by atoms with Gasteiger partial charge in [-0.1, -0.05) is 24.3 Å². The Bertz CT molecular complexity index is 941. The summed E-state index contributed by atoms with van der Waals surface area (Å²) in [5.74, 6) is 0.0519. The largest absolute Gasteiger partial charge is 0.494 e. The van der Waals surface area contributed by atoms with E-state index >= 15 is 0 Å². The minimum atomic E-state index is -0.389. The van der Waals surface area contributed by atoms with Crippen LogP contribution < -0.4 is 4.74 Å². The summed E-state index contributed by atoms with van der Waals surface area (Å²) in [6.45, 7) is 2.00. The lowest BCUT2D eigenvalue weighted by atomic mass is 9.94. The monoisotopic (exact) mass is 366 g/mol. The van der Waals surface area contributed by atoms with Crippen LogP contribution in [-0.4, -0.2) is 41.3 Å². The summed E-state index contributed by atoms with van der Waals surface area (Å²) in [5, 5.41) is 11.7. The molecule has 1 aliphatic heterocycles. The Kier molecular flexibility index (Phi) is 5.05. The Labute approximate surface area is 158 Å². The van der Waals surface area contributed by atoms with E-state index in [-0.39, 0.29) is 23.6 Å². The molecule has 3 aromatic rings. The predicted octanol–water partition coefficient (Wildman–Crippen LogP) is 3.42. The van der Waals surface area contributed by atoms with Gasteiger partial charge in [0.2, 0.25) is 0 Å². The number of hydrogen-bond acceptors (Lipinski definition) is 4. The summed E-state index contributed by atoms with van der Waals surface area (Å²) < 4.78 is 18.9. The fraction of sp³-hybridized carbons (Fsp3) is 0.318. The van der Waals surface area contributed by atoms with Gasteiger partial charge in [-0.3, -0.25) is 9.88 Å². The van der Waals surface area contributed by atoms with Gasteiger partial charge in [0.25, 0.3) is 0 Å². The highest BCUT2D eigenvalue weighted by atomic mass is 19.1. The number of likely N-dealkylation sites (tertiary alicyclic amines) is 1. The van der Waals surface area contributed by atoms with Crippen molar-refractivity contribution < 1.29 is 14.2 Å². The van der Waals surface area contributed by atoms with E-state index in [1.165, 1.54) is 18.7 Å². The molecule has 140 valence electrons. The molecule has 1 fully saturated rings. The van der Waals surface area contributed by atoms with Crippen molar-refractivity contribution in [3.05, 3.63) is 71.7 Å². The number of hydrogen-bond donors (Lipinski definition) is 1. The molecule has 0 unspecified atom stereocenters. The van der Waals surface area contributed by atoms with Gasteiger partial charge in [0.1, 0.15) is 0 Å². The molecule has 27 heavy (non-hydrogen) atoms. The number of aromatic nitrogens is 1. The second kappa shape index (κ2) is 7.62. The molecule has 5 heteroatoms. The average molecular weight is 366 g/mol. The number of para-hydroxylation sites is 1. The Morgan fingerprint density at radius 2 is 2.04 bits per heavy atom. The van der Waals surface area contributed by atoms with Gasteiger partial charge in [-0.05, 0) is 41.8 Å². The molecule has 2 atom stereocenters. The van der Waals surface area contributed by atoms with Gasteiger partial charge in [-0.15, -0.1) is 0 Å². The van der Waals surface area contributed by atoms with E-state index in [4.69, 9.17) is 4.74 Å². The normalized spacial score (nSPS) is 20.3. The minimum Gasteiger partial charge on any atom is -0.494 e. The third-order valence-electron chi connectivity index (χ3n) is 5.33. The molecule has 4 nitrogen and oxygen atoms in total. The second-order valence-corrected chi connectivity index (χ2v) is 7.18. The molecular weight excluding hydrogens is 343 g/mol. The number of methoxy groups -OCH3 is 1. The van der Waals surface area contributed by atoms with Crippen LogP contribution in [0.25, 0.3) is 10.9 Å². The summed E-state index contributed by atoms with van der Waals surface area (Å²) >= 11 is 0. The van der Waals surface area contributed by atoms with Crippen molar-refractivity contribution in [1.82, 2.24) is 9.88 Å². The highest BCUT2D eigenvalue weighted by Crippen LogP contribution is 2.27. The number of benzene rings is 2. The second-order valence-electron chi connectivity index (χ2n) is 7.18. The number of β-amino-alcohol motifs (C(OH)–C–C–N with tert-alkyl or cyclic N) is 1. The van der Waals surface area contributed by atoms with Crippen LogP contribution in [0.2, 0.25) is 0 Å². The molecule has 0 aliphatic carbocycles. The van der Waals surface area contributed by atoms with Crippen molar-refractivity contribution in [1.29, 1.82) is 0 Å². The first-order valence-corrected chi connectivity index (χ1v) is 9.19. The van der Waals surface area contributed by atoms with Gasteiger partial charge in [0, 0.05) is 37.1 Å². The first-order valence-electron chi connectivity index (χ1n) is 9.19. The molecule has 0 spiro atoms. The Morgan fingerprint density at radius 3 is 2.85 bits per heavy atom. The number of nitrogens with zero attached hydrogens (tertiary/aromatic N) is 2. The zero-order valence-electron chi connectivity index (χ0n) is 15.3. The molecule has 0 amide bonds. The molecule has 1 N–H and O–H groups in total. The third kappa shape index (κ3) is 3.80. The Hall–Kier alpha value is -2.50. The fourth-order valence-electron chi connectivity index (χ4n) is 3.95. The molecule has 4 rings (SSSR count). The number of pyridine rings is 1. The first kappa shape index (κ1) is 17.9. The molecule has 2 heterocycles. The van der Waals surface area contributed by atoms with E-state index in [1.807, 2.05) is 36.5 Å². The van der Waals surface area contributed by atoms with E-state index in [0.29, 0.717) is 13.1 Å². The number of ether oxygens (including phenoxy) is 1. The molecule has 0 bridgehead atoms. The zero-order valence-corrected chi connectivity index (χ0v) is 15.3. The van der Waals surface area contributed by atoms with Gasteiger partial charge >= 0.3 is 0 Å². The number of rotatable bonds is 5. The Balaban J connectivity index is 1.46. The van der Waals surface area contributed by atoms with Crippen molar-refractivity contribution in [2.75, 3.05) is 20.2 Å². The van der Waals surface area contributed by atoms with E-state index in [2.05, 4.69) is 16.0 Å². The highest BCUT2D eigenvalue weighted by Gasteiger charge is 2.31.